The van der Waals surface area contributed by atoms with Gasteiger partial charge in [0.2, 0.25) is 0 Å². The zero-order valence-corrected chi connectivity index (χ0v) is 13.1. The van der Waals surface area contributed by atoms with Crippen LogP contribution in [0.5, 0.6) is 0 Å². The predicted octanol–water partition coefficient (Wildman–Crippen LogP) is 3.68. The maximum Gasteiger partial charge on any atom is 0.0760 e. The van der Waals surface area contributed by atoms with Crippen LogP contribution in [0.4, 0.5) is 0 Å². The standard InChI is InChI=1S/C14H17ClN2.2ClH/c15-14-12-5-8-17(9-6-12)13(14)4-3-11-2-1-7-16-10-11;;/h1-2,4,7,10,12,14H,3,5-6,8-9H2;2*1H. The molecule has 4 rings (SSSR count). The molecule has 0 spiro atoms. The number of hydrogen-bond acceptors (Lipinski definition) is 2. The minimum Gasteiger partial charge on any atom is -0.374 e. The fourth-order valence-corrected chi connectivity index (χ4v) is 3.33. The van der Waals surface area contributed by atoms with Crippen LogP contribution in [0.15, 0.2) is 36.3 Å². The Hall–Kier alpha value is -0.440. The van der Waals surface area contributed by atoms with E-state index in [2.05, 4.69) is 22.0 Å². The Morgan fingerprint density at radius 3 is 2.63 bits per heavy atom. The molecule has 3 aliphatic heterocycles. The zero-order chi connectivity index (χ0) is 11.7. The number of hydrogen-bond donors (Lipinski definition) is 0. The molecule has 106 valence electrons. The monoisotopic (exact) mass is 320 g/mol. The van der Waals surface area contributed by atoms with E-state index in [1.807, 2.05) is 18.5 Å². The molecule has 0 aliphatic carbocycles. The lowest BCUT2D eigenvalue weighted by atomic mass is 9.85. The molecule has 1 aromatic rings. The Balaban J connectivity index is 0.000000902. The number of nitrogens with zero attached hydrogens (tertiary/aromatic N) is 2. The van der Waals surface area contributed by atoms with E-state index in [1.54, 1.807) is 0 Å². The quantitative estimate of drug-likeness (QED) is 0.772. The van der Waals surface area contributed by atoms with E-state index in [-0.39, 0.29) is 30.2 Å². The van der Waals surface area contributed by atoms with Crippen molar-refractivity contribution in [3.8, 4) is 0 Å². The van der Waals surface area contributed by atoms with Crippen molar-refractivity contribution in [3.63, 3.8) is 0 Å². The highest BCUT2D eigenvalue weighted by Gasteiger charge is 2.36. The topological polar surface area (TPSA) is 16.1 Å². The van der Waals surface area contributed by atoms with Crippen LogP contribution >= 0.6 is 36.4 Å². The first kappa shape index (κ1) is 16.6. The van der Waals surface area contributed by atoms with Gasteiger partial charge < -0.3 is 4.90 Å². The van der Waals surface area contributed by atoms with Crippen molar-refractivity contribution in [1.82, 2.24) is 9.88 Å². The lowest BCUT2D eigenvalue weighted by molar-refractivity contribution is 0.164. The Morgan fingerprint density at radius 2 is 2.05 bits per heavy atom. The predicted molar refractivity (Wildman–Crippen MR) is 84.5 cm³/mol. The van der Waals surface area contributed by atoms with Gasteiger partial charge in [-0.2, -0.15) is 0 Å². The fraction of sp³-hybridized carbons (Fsp3) is 0.500. The van der Waals surface area contributed by atoms with Gasteiger partial charge in [0.25, 0.3) is 0 Å². The largest absolute Gasteiger partial charge is 0.374 e. The van der Waals surface area contributed by atoms with E-state index < -0.39 is 0 Å². The van der Waals surface area contributed by atoms with Gasteiger partial charge in [-0.15, -0.1) is 36.4 Å². The molecule has 4 heterocycles. The van der Waals surface area contributed by atoms with Crippen LogP contribution in [0, 0.1) is 5.92 Å². The van der Waals surface area contributed by atoms with E-state index in [0.717, 1.165) is 6.42 Å². The lowest BCUT2D eigenvalue weighted by Crippen LogP contribution is -2.46. The number of alkyl halides is 1. The van der Waals surface area contributed by atoms with Crippen molar-refractivity contribution in [3.05, 3.63) is 41.9 Å². The molecule has 2 nitrogen and oxygen atoms in total. The molecule has 3 saturated heterocycles. The number of aromatic nitrogens is 1. The van der Waals surface area contributed by atoms with Gasteiger partial charge in [-0.1, -0.05) is 12.1 Å². The van der Waals surface area contributed by atoms with Crippen LogP contribution in [-0.2, 0) is 6.42 Å². The van der Waals surface area contributed by atoms with E-state index >= 15 is 0 Å². The molecule has 0 radical (unpaired) electrons. The molecule has 1 aromatic heterocycles. The minimum absolute atomic E-state index is 0. The molecule has 1 atom stereocenters. The van der Waals surface area contributed by atoms with E-state index in [9.17, 15) is 0 Å². The van der Waals surface area contributed by atoms with Crippen molar-refractivity contribution in [2.75, 3.05) is 13.1 Å². The number of rotatable bonds is 2. The van der Waals surface area contributed by atoms with E-state index in [0.29, 0.717) is 5.92 Å². The molecular formula is C14H19Cl3N2. The molecule has 0 aromatic carbocycles. The summed E-state index contributed by atoms with van der Waals surface area (Å²) in [5, 5.41) is 0.231. The maximum atomic E-state index is 6.52. The summed E-state index contributed by atoms with van der Waals surface area (Å²) in [7, 11) is 0. The summed E-state index contributed by atoms with van der Waals surface area (Å²) in [6.45, 7) is 2.37. The molecular weight excluding hydrogens is 303 g/mol. The van der Waals surface area contributed by atoms with Crippen LogP contribution in [0.25, 0.3) is 0 Å². The molecule has 0 saturated carbocycles. The molecule has 0 amide bonds. The van der Waals surface area contributed by atoms with Gasteiger partial charge in [0, 0.05) is 31.2 Å². The third-order valence-electron chi connectivity index (χ3n) is 3.87. The van der Waals surface area contributed by atoms with E-state index in [1.165, 1.54) is 37.2 Å². The van der Waals surface area contributed by atoms with Crippen molar-refractivity contribution < 1.29 is 0 Å². The average Bonchev–Trinajstić information content (AvgIpc) is 2.40. The second kappa shape index (κ2) is 7.37. The number of fused-ring (bicyclic) bond motifs is 3. The Morgan fingerprint density at radius 1 is 1.32 bits per heavy atom. The zero-order valence-electron chi connectivity index (χ0n) is 10.7. The van der Waals surface area contributed by atoms with Gasteiger partial charge >= 0.3 is 0 Å². The van der Waals surface area contributed by atoms with Gasteiger partial charge in [-0.25, -0.2) is 0 Å². The molecule has 1 unspecified atom stereocenters. The van der Waals surface area contributed by atoms with Gasteiger partial charge in [0.1, 0.15) is 0 Å². The highest BCUT2D eigenvalue weighted by molar-refractivity contribution is 6.22. The fourth-order valence-electron chi connectivity index (χ4n) is 2.85. The van der Waals surface area contributed by atoms with Crippen molar-refractivity contribution in [2.24, 2.45) is 5.92 Å². The summed E-state index contributed by atoms with van der Waals surface area (Å²) in [5.41, 5.74) is 2.60. The summed E-state index contributed by atoms with van der Waals surface area (Å²) in [6, 6.07) is 4.10. The third-order valence-corrected chi connectivity index (χ3v) is 4.45. The summed E-state index contributed by atoms with van der Waals surface area (Å²) >= 11 is 6.52. The highest BCUT2D eigenvalue weighted by Crippen LogP contribution is 2.38. The van der Waals surface area contributed by atoms with Crippen molar-refractivity contribution in [1.29, 1.82) is 0 Å². The normalized spacial score (nSPS) is 26.8. The van der Waals surface area contributed by atoms with Crippen LogP contribution in [-0.4, -0.2) is 28.4 Å². The van der Waals surface area contributed by atoms with Crippen molar-refractivity contribution in [2.45, 2.75) is 24.6 Å². The Kier molecular flexibility index (Phi) is 6.45. The van der Waals surface area contributed by atoms with Crippen LogP contribution in [0.3, 0.4) is 0 Å². The summed E-state index contributed by atoms with van der Waals surface area (Å²) < 4.78 is 0. The first-order valence-corrected chi connectivity index (χ1v) is 6.76. The Bertz CT molecular complexity index is 410. The third kappa shape index (κ3) is 3.56. The number of piperidine rings is 3. The highest BCUT2D eigenvalue weighted by atomic mass is 35.5. The second-order valence-electron chi connectivity index (χ2n) is 4.92. The maximum absolute atomic E-state index is 6.52. The minimum atomic E-state index is 0. The summed E-state index contributed by atoms with van der Waals surface area (Å²) in [4.78, 5) is 6.59. The van der Waals surface area contributed by atoms with Gasteiger partial charge in [-0.05, 0) is 36.8 Å². The molecule has 19 heavy (non-hydrogen) atoms. The van der Waals surface area contributed by atoms with Gasteiger partial charge in [0.15, 0.2) is 0 Å². The number of pyridine rings is 1. The molecule has 3 fully saturated rings. The Labute approximate surface area is 132 Å². The summed E-state index contributed by atoms with van der Waals surface area (Å²) in [5.74, 6) is 0.696. The first-order valence-electron chi connectivity index (χ1n) is 6.32. The second-order valence-corrected chi connectivity index (χ2v) is 5.39. The summed E-state index contributed by atoms with van der Waals surface area (Å²) in [6.07, 6.45) is 9.50. The van der Waals surface area contributed by atoms with Gasteiger partial charge in [-0.3, -0.25) is 4.98 Å². The van der Waals surface area contributed by atoms with Crippen LogP contribution in [0.1, 0.15) is 18.4 Å². The van der Waals surface area contributed by atoms with E-state index in [4.69, 9.17) is 11.6 Å². The molecule has 0 N–H and O–H groups in total. The smallest absolute Gasteiger partial charge is 0.0760 e. The molecule has 3 aliphatic rings. The molecule has 5 heteroatoms. The average molecular weight is 322 g/mol. The lowest BCUT2D eigenvalue weighted by Gasteiger charge is -2.45. The van der Waals surface area contributed by atoms with Crippen LogP contribution in [0.2, 0.25) is 0 Å². The van der Waals surface area contributed by atoms with Crippen molar-refractivity contribution >= 4 is 36.4 Å². The number of halogens is 3. The first-order chi connectivity index (χ1) is 8.34. The molecule has 2 bridgehead atoms. The number of allylic oxidation sites excluding steroid dienone is 2. The van der Waals surface area contributed by atoms with Gasteiger partial charge in [0.05, 0.1) is 5.38 Å². The SMILES string of the molecule is Cl.Cl.ClC1C(=CCc2cccnc2)N2CCC1CC2. The van der Waals surface area contributed by atoms with Crippen LogP contribution < -0.4 is 0 Å².